The second kappa shape index (κ2) is 49.6. The molecule has 10 nitrogen and oxygen atoms in total. The molecule has 0 aromatic rings. The van der Waals surface area contributed by atoms with E-state index in [0.29, 0.717) is 12.8 Å². The fourth-order valence-electron chi connectivity index (χ4n) is 7.99. The lowest BCUT2D eigenvalue weighted by atomic mass is 10.0. The van der Waals surface area contributed by atoms with Crippen molar-refractivity contribution < 1.29 is 47.8 Å². The van der Waals surface area contributed by atoms with Gasteiger partial charge in [0.15, 0.2) is 6.10 Å². The molecule has 3 atom stereocenters. The van der Waals surface area contributed by atoms with Crippen LogP contribution >= 0.6 is 7.82 Å². The Labute approximate surface area is 394 Å². The maximum atomic E-state index is 12.7. The Balaban J connectivity index is 4.10. The zero-order valence-electron chi connectivity index (χ0n) is 41.8. The van der Waals surface area contributed by atoms with Gasteiger partial charge in [0.2, 0.25) is 0 Å². The summed E-state index contributed by atoms with van der Waals surface area (Å²) >= 11 is 0. The zero-order chi connectivity index (χ0) is 46.9. The average Bonchev–Trinajstić information content (AvgIpc) is 3.28. The van der Waals surface area contributed by atoms with Gasteiger partial charge < -0.3 is 24.6 Å². The van der Waals surface area contributed by atoms with Crippen LogP contribution in [0.3, 0.4) is 0 Å². The molecule has 64 heavy (non-hydrogen) atoms. The molecule has 1 unspecified atom stereocenters. The molecule has 0 spiro atoms. The third kappa shape index (κ3) is 48.6. The third-order valence-corrected chi connectivity index (χ3v) is 13.1. The molecule has 0 aliphatic carbocycles. The highest BCUT2D eigenvalue weighted by atomic mass is 31.2. The molecule has 0 rings (SSSR count). The molecular formula is C53H103O10P. The number of phosphoric acid groups is 1. The van der Waals surface area contributed by atoms with Crippen molar-refractivity contribution in [2.24, 2.45) is 0 Å². The number of carbonyl (C=O) groups excluding carboxylic acids is 2. The summed E-state index contributed by atoms with van der Waals surface area (Å²) in [5.41, 5.74) is 0. The number of aliphatic hydroxyl groups is 2. The van der Waals surface area contributed by atoms with E-state index in [-0.39, 0.29) is 19.4 Å². The van der Waals surface area contributed by atoms with E-state index >= 15 is 0 Å². The molecule has 0 fully saturated rings. The van der Waals surface area contributed by atoms with E-state index in [0.717, 1.165) is 38.5 Å². The number of carbonyl (C=O) groups is 2. The minimum atomic E-state index is -4.62. The Hall–Kier alpha value is -1.29. The van der Waals surface area contributed by atoms with Gasteiger partial charge in [-0.05, 0) is 38.5 Å². The Morgan fingerprint density at radius 3 is 1.12 bits per heavy atom. The Morgan fingerprint density at radius 1 is 0.453 bits per heavy atom. The lowest BCUT2D eigenvalue weighted by molar-refractivity contribution is -0.161. The lowest BCUT2D eigenvalue weighted by Crippen LogP contribution is -2.29. The smallest absolute Gasteiger partial charge is 0.462 e. The van der Waals surface area contributed by atoms with Crippen molar-refractivity contribution in [3.63, 3.8) is 0 Å². The zero-order valence-corrected chi connectivity index (χ0v) is 42.7. The van der Waals surface area contributed by atoms with Gasteiger partial charge in [-0.1, -0.05) is 238 Å². The van der Waals surface area contributed by atoms with Crippen LogP contribution in [0.25, 0.3) is 0 Å². The summed E-state index contributed by atoms with van der Waals surface area (Å²) in [7, 11) is -4.62. The molecule has 380 valence electrons. The Bertz CT molecular complexity index is 1070. The SMILES string of the molecule is CCCCCCCC/C=C/CCCCCCCCCCCCCC(=O)OC[C@H](COP(=O)(O)OC[C@@H](O)CO)OC(=O)CCCCCCCCCCCCCCCCCCCCCC. The quantitative estimate of drug-likeness (QED) is 0.0233. The molecule has 0 bridgehead atoms. The summed E-state index contributed by atoms with van der Waals surface area (Å²) in [5.74, 6) is -0.906. The number of allylic oxidation sites excluding steroid dienone is 2. The van der Waals surface area contributed by atoms with Crippen molar-refractivity contribution in [2.75, 3.05) is 26.4 Å². The first-order chi connectivity index (χ1) is 31.2. The normalized spacial score (nSPS) is 13.6. The van der Waals surface area contributed by atoms with Crippen LogP contribution < -0.4 is 0 Å². The van der Waals surface area contributed by atoms with Gasteiger partial charge in [-0.25, -0.2) is 4.57 Å². The molecule has 11 heteroatoms. The lowest BCUT2D eigenvalue weighted by Gasteiger charge is -2.20. The Morgan fingerprint density at radius 2 is 0.766 bits per heavy atom. The first kappa shape index (κ1) is 62.7. The van der Waals surface area contributed by atoms with Crippen molar-refractivity contribution in [1.29, 1.82) is 0 Å². The van der Waals surface area contributed by atoms with Crippen LogP contribution in [0.15, 0.2) is 12.2 Å². The number of aliphatic hydroxyl groups excluding tert-OH is 2. The van der Waals surface area contributed by atoms with Crippen LogP contribution in [0, 0.1) is 0 Å². The van der Waals surface area contributed by atoms with Gasteiger partial charge in [-0.2, -0.15) is 0 Å². The number of unbranched alkanes of at least 4 members (excludes halogenated alkanes) is 36. The first-order valence-electron chi connectivity index (χ1n) is 27.1. The van der Waals surface area contributed by atoms with Gasteiger partial charge in [-0.3, -0.25) is 18.6 Å². The highest BCUT2D eigenvalue weighted by molar-refractivity contribution is 7.47. The molecular weight excluding hydrogens is 828 g/mol. The maximum Gasteiger partial charge on any atom is 0.472 e. The number of rotatable bonds is 52. The van der Waals surface area contributed by atoms with Crippen LogP contribution in [-0.4, -0.2) is 65.7 Å². The van der Waals surface area contributed by atoms with E-state index in [1.165, 1.54) is 199 Å². The van der Waals surface area contributed by atoms with Crippen LogP contribution in [0.5, 0.6) is 0 Å². The molecule has 0 heterocycles. The van der Waals surface area contributed by atoms with Gasteiger partial charge in [0.25, 0.3) is 0 Å². The third-order valence-electron chi connectivity index (χ3n) is 12.2. The number of hydrogen-bond donors (Lipinski definition) is 3. The monoisotopic (exact) mass is 931 g/mol. The number of esters is 2. The highest BCUT2D eigenvalue weighted by Gasteiger charge is 2.27. The van der Waals surface area contributed by atoms with Crippen molar-refractivity contribution in [2.45, 2.75) is 289 Å². The summed E-state index contributed by atoms with van der Waals surface area (Å²) < 4.78 is 32.9. The summed E-state index contributed by atoms with van der Waals surface area (Å²) in [6.45, 7) is 2.45. The van der Waals surface area contributed by atoms with E-state index in [1.54, 1.807) is 0 Å². The molecule has 0 aliphatic rings. The largest absolute Gasteiger partial charge is 0.472 e. The van der Waals surface area contributed by atoms with Crippen LogP contribution in [0.1, 0.15) is 277 Å². The molecule has 0 aromatic carbocycles. The number of phosphoric ester groups is 1. The average molecular weight is 931 g/mol. The molecule has 0 amide bonds. The van der Waals surface area contributed by atoms with Crippen molar-refractivity contribution in [1.82, 2.24) is 0 Å². The topological polar surface area (TPSA) is 149 Å². The van der Waals surface area contributed by atoms with Gasteiger partial charge in [-0.15, -0.1) is 0 Å². The summed E-state index contributed by atoms with van der Waals surface area (Å²) in [6, 6.07) is 0. The van der Waals surface area contributed by atoms with E-state index in [9.17, 15) is 24.2 Å². The van der Waals surface area contributed by atoms with E-state index in [4.69, 9.17) is 23.6 Å². The van der Waals surface area contributed by atoms with Gasteiger partial charge in [0.1, 0.15) is 12.7 Å². The molecule has 0 saturated carbocycles. The molecule has 0 saturated heterocycles. The standard InChI is InChI=1S/C53H103O10P/c1-3-5-7-9-11-13-15-17-19-21-23-25-27-28-30-32-34-36-38-40-42-44-52(56)60-48-51(49-62-64(58,59)61-47-50(55)46-54)63-53(57)45-43-41-39-37-35-33-31-29-26-24-22-20-18-16-14-12-10-8-6-4-2/h17,19,50-51,54-55H,3-16,18,20-49H2,1-2H3,(H,58,59)/b19-17+/t50-,51+/m0/s1. The second-order valence-electron chi connectivity index (χ2n) is 18.6. The number of hydrogen-bond acceptors (Lipinski definition) is 9. The van der Waals surface area contributed by atoms with Gasteiger partial charge >= 0.3 is 19.8 Å². The minimum Gasteiger partial charge on any atom is -0.462 e. The molecule has 0 aromatic heterocycles. The van der Waals surface area contributed by atoms with Crippen molar-refractivity contribution >= 4 is 19.8 Å². The summed E-state index contributed by atoms with van der Waals surface area (Å²) in [6.07, 6.45) is 51.8. The second-order valence-corrected chi connectivity index (χ2v) is 20.1. The highest BCUT2D eigenvalue weighted by Crippen LogP contribution is 2.43. The molecule has 0 radical (unpaired) electrons. The van der Waals surface area contributed by atoms with Crippen molar-refractivity contribution in [3.8, 4) is 0 Å². The minimum absolute atomic E-state index is 0.191. The van der Waals surface area contributed by atoms with E-state index in [1.807, 2.05) is 0 Å². The summed E-state index contributed by atoms with van der Waals surface area (Å²) in [5, 5.41) is 18.4. The van der Waals surface area contributed by atoms with E-state index in [2.05, 4.69) is 26.0 Å². The molecule has 0 aliphatic heterocycles. The Kier molecular flexibility index (Phi) is 48.6. The predicted molar refractivity (Wildman–Crippen MR) is 265 cm³/mol. The van der Waals surface area contributed by atoms with E-state index < -0.39 is 51.8 Å². The summed E-state index contributed by atoms with van der Waals surface area (Å²) in [4.78, 5) is 35.2. The molecule has 3 N–H and O–H groups in total. The number of ether oxygens (including phenoxy) is 2. The van der Waals surface area contributed by atoms with Crippen LogP contribution in [-0.2, 0) is 32.7 Å². The van der Waals surface area contributed by atoms with Crippen LogP contribution in [0.4, 0.5) is 0 Å². The fraction of sp³-hybridized carbons (Fsp3) is 0.925. The van der Waals surface area contributed by atoms with Crippen molar-refractivity contribution in [3.05, 3.63) is 12.2 Å². The van der Waals surface area contributed by atoms with Gasteiger partial charge in [0, 0.05) is 12.8 Å². The predicted octanol–water partition coefficient (Wildman–Crippen LogP) is 15.5. The fourth-order valence-corrected chi connectivity index (χ4v) is 8.78. The first-order valence-corrected chi connectivity index (χ1v) is 28.6. The van der Waals surface area contributed by atoms with Crippen LogP contribution in [0.2, 0.25) is 0 Å². The van der Waals surface area contributed by atoms with Gasteiger partial charge in [0.05, 0.1) is 19.8 Å². The maximum absolute atomic E-state index is 12.7.